The van der Waals surface area contributed by atoms with Gasteiger partial charge in [0, 0.05) is 25.3 Å². The second kappa shape index (κ2) is 5.53. The molecule has 1 aromatic heterocycles. The van der Waals surface area contributed by atoms with E-state index in [2.05, 4.69) is 39.9 Å². The summed E-state index contributed by atoms with van der Waals surface area (Å²) < 4.78 is 2.39. The van der Waals surface area contributed by atoms with Gasteiger partial charge in [0.1, 0.15) is 0 Å². The third-order valence-electron chi connectivity index (χ3n) is 4.61. The van der Waals surface area contributed by atoms with Gasteiger partial charge in [-0.1, -0.05) is 12.8 Å². The van der Waals surface area contributed by atoms with Gasteiger partial charge in [0.2, 0.25) is 5.95 Å². The first-order valence-electron chi connectivity index (χ1n) is 7.70. The summed E-state index contributed by atoms with van der Waals surface area (Å²) in [4.78, 5) is 7.09. The summed E-state index contributed by atoms with van der Waals surface area (Å²) in [5, 5.41) is 3.60. The molecule has 0 spiro atoms. The molecule has 4 heteroatoms. The summed E-state index contributed by atoms with van der Waals surface area (Å²) in [6.45, 7) is 5.62. The first-order chi connectivity index (χ1) is 9.22. The highest BCUT2D eigenvalue weighted by Gasteiger charge is 2.22. The van der Waals surface area contributed by atoms with E-state index in [-0.39, 0.29) is 0 Å². The number of hydrogen-bond acceptors (Lipinski definition) is 3. The van der Waals surface area contributed by atoms with Crippen LogP contribution in [0.25, 0.3) is 0 Å². The zero-order valence-corrected chi connectivity index (χ0v) is 12.2. The average molecular weight is 262 g/mol. The molecule has 0 bridgehead atoms. The fraction of sp³-hybridized carbons (Fsp3) is 0.800. The quantitative estimate of drug-likeness (QED) is 0.905. The molecule has 19 heavy (non-hydrogen) atoms. The molecule has 0 amide bonds. The lowest BCUT2D eigenvalue weighted by Gasteiger charge is -2.17. The number of nitrogens with one attached hydrogen (secondary N) is 1. The van der Waals surface area contributed by atoms with Gasteiger partial charge in [-0.3, -0.25) is 0 Å². The van der Waals surface area contributed by atoms with E-state index in [1.807, 2.05) is 0 Å². The Balaban J connectivity index is 1.63. The van der Waals surface area contributed by atoms with Gasteiger partial charge in [0.25, 0.3) is 0 Å². The van der Waals surface area contributed by atoms with E-state index in [0.717, 1.165) is 24.1 Å². The predicted molar refractivity (Wildman–Crippen MR) is 78.6 cm³/mol. The van der Waals surface area contributed by atoms with E-state index in [1.165, 1.54) is 45.2 Å². The molecule has 2 fully saturated rings. The van der Waals surface area contributed by atoms with E-state index in [0.29, 0.717) is 6.04 Å². The molecule has 0 radical (unpaired) electrons. The molecule has 1 N–H and O–H groups in total. The van der Waals surface area contributed by atoms with Gasteiger partial charge in [-0.2, -0.15) is 0 Å². The summed E-state index contributed by atoms with van der Waals surface area (Å²) in [5.41, 5.74) is 1.14. The van der Waals surface area contributed by atoms with Crippen molar-refractivity contribution in [1.82, 2.24) is 14.5 Å². The highest BCUT2D eigenvalue weighted by molar-refractivity contribution is 5.30. The standard InChI is InChI=1S/C15H26N4/c1-12-10-19(14-5-3-4-6-14)15(17-12)16-9-13-7-8-18(2)11-13/h10,13-14H,3-9,11H2,1-2H3,(H,16,17). The minimum Gasteiger partial charge on any atom is -0.355 e. The Morgan fingerprint density at radius 1 is 1.32 bits per heavy atom. The normalized spacial score (nSPS) is 25.3. The van der Waals surface area contributed by atoms with Crippen molar-refractivity contribution in [1.29, 1.82) is 0 Å². The lowest BCUT2D eigenvalue weighted by molar-refractivity contribution is 0.398. The predicted octanol–water partition coefficient (Wildman–Crippen LogP) is 2.67. The van der Waals surface area contributed by atoms with Crippen molar-refractivity contribution in [2.75, 3.05) is 32.0 Å². The summed E-state index contributed by atoms with van der Waals surface area (Å²) in [6.07, 6.45) is 8.91. The highest BCUT2D eigenvalue weighted by atomic mass is 15.2. The Morgan fingerprint density at radius 3 is 2.79 bits per heavy atom. The van der Waals surface area contributed by atoms with Crippen LogP contribution in [0.2, 0.25) is 0 Å². The zero-order chi connectivity index (χ0) is 13.2. The summed E-state index contributed by atoms with van der Waals surface area (Å²) in [5.74, 6) is 1.87. The Hall–Kier alpha value is -1.03. The van der Waals surface area contributed by atoms with Gasteiger partial charge in [0.15, 0.2) is 0 Å². The molecular weight excluding hydrogens is 236 g/mol. The van der Waals surface area contributed by atoms with E-state index in [4.69, 9.17) is 0 Å². The maximum absolute atomic E-state index is 4.67. The van der Waals surface area contributed by atoms with Gasteiger partial charge in [-0.05, 0) is 45.7 Å². The molecule has 106 valence electrons. The van der Waals surface area contributed by atoms with E-state index >= 15 is 0 Å². The number of rotatable bonds is 4. The topological polar surface area (TPSA) is 33.1 Å². The van der Waals surface area contributed by atoms with Gasteiger partial charge in [-0.25, -0.2) is 4.98 Å². The van der Waals surface area contributed by atoms with Crippen LogP contribution >= 0.6 is 0 Å². The van der Waals surface area contributed by atoms with Crippen LogP contribution in [0.5, 0.6) is 0 Å². The van der Waals surface area contributed by atoms with Crippen LogP contribution in [-0.4, -0.2) is 41.1 Å². The Bertz CT molecular complexity index is 420. The van der Waals surface area contributed by atoms with Crippen molar-refractivity contribution in [2.24, 2.45) is 5.92 Å². The van der Waals surface area contributed by atoms with E-state index in [1.54, 1.807) is 0 Å². The molecule has 0 aromatic carbocycles. The number of anilines is 1. The molecule has 1 unspecified atom stereocenters. The summed E-state index contributed by atoms with van der Waals surface area (Å²) in [7, 11) is 2.21. The van der Waals surface area contributed by atoms with Crippen molar-refractivity contribution in [3.05, 3.63) is 11.9 Å². The van der Waals surface area contributed by atoms with E-state index < -0.39 is 0 Å². The Morgan fingerprint density at radius 2 is 2.11 bits per heavy atom. The monoisotopic (exact) mass is 262 g/mol. The lowest BCUT2D eigenvalue weighted by atomic mass is 10.1. The molecule has 2 heterocycles. The largest absolute Gasteiger partial charge is 0.355 e. The molecule has 1 saturated heterocycles. The number of hydrogen-bond donors (Lipinski definition) is 1. The first kappa shape index (κ1) is 13.0. The molecular formula is C15H26N4. The average Bonchev–Trinajstić information content (AvgIpc) is 3.07. The zero-order valence-electron chi connectivity index (χ0n) is 12.2. The maximum atomic E-state index is 4.67. The van der Waals surface area contributed by atoms with Crippen LogP contribution in [0.15, 0.2) is 6.20 Å². The third-order valence-corrected chi connectivity index (χ3v) is 4.61. The number of aromatic nitrogens is 2. The molecule has 1 saturated carbocycles. The molecule has 1 aliphatic carbocycles. The molecule has 2 aliphatic rings. The number of imidazole rings is 1. The van der Waals surface area contributed by atoms with Crippen molar-refractivity contribution >= 4 is 5.95 Å². The van der Waals surface area contributed by atoms with Gasteiger partial charge in [-0.15, -0.1) is 0 Å². The lowest BCUT2D eigenvalue weighted by Crippen LogP contribution is -2.21. The highest BCUT2D eigenvalue weighted by Crippen LogP contribution is 2.32. The van der Waals surface area contributed by atoms with Gasteiger partial charge < -0.3 is 14.8 Å². The molecule has 3 rings (SSSR count). The third kappa shape index (κ3) is 2.94. The molecule has 4 nitrogen and oxygen atoms in total. The molecule has 1 aliphatic heterocycles. The summed E-state index contributed by atoms with van der Waals surface area (Å²) in [6, 6.07) is 0.676. The Kier molecular flexibility index (Phi) is 3.78. The van der Waals surface area contributed by atoms with Crippen LogP contribution in [0.1, 0.15) is 43.8 Å². The van der Waals surface area contributed by atoms with Crippen LogP contribution in [0.4, 0.5) is 5.95 Å². The van der Waals surface area contributed by atoms with Crippen molar-refractivity contribution in [3.63, 3.8) is 0 Å². The van der Waals surface area contributed by atoms with Crippen molar-refractivity contribution in [3.8, 4) is 0 Å². The Labute approximate surface area is 116 Å². The first-order valence-corrected chi connectivity index (χ1v) is 7.70. The number of aryl methyl sites for hydroxylation is 1. The molecule has 1 aromatic rings. The van der Waals surface area contributed by atoms with Crippen LogP contribution < -0.4 is 5.32 Å². The molecule has 1 atom stereocenters. The fourth-order valence-electron chi connectivity index (χ4n) is 3.54. The maximum Gasteiger partial charge on any atom is 0.203 e. The van der Waals surface area contributed by atoms with E-state index in [9.17, 15) is 0 Å². The minimum atomic E-state index is 0.676. The summed E-state index contributed by atoms with van der Waals surface area (Å²) >= 11 is 0. The minimum absolute atomic E-state index is 0.676. The van der Waals surface area contributed by atoms with Crippen LogP contribution in [0.3, 0.4) is 0 Å². The number of likely N-dealkylation sites (tertiary alicyclic amines) is 1. The second-order valence-corrected chi connectivity index (χ2v) is 6.35. The SMILES string of the molecule is Cc1cn(C2CCCC2)c(NCC2CCN(C)C2)n1. The van der Waals surface area contributed by atoms with Crippen LogP contribution in [0, 0.1) is 12.8 Å². The smallest absolute Gasteiger partial charge is 0.203 e. The van der Waals surface area contributed by atoms with Gasteiger partial charge >= 0.3 is 0 Å². The second-order valence-electron chi connectivity index (χ2n) is 6.35. The van der Waals surface area contributed by atoms with Crippen LogP contribution in [-0.2, 0) is 0 Å². The van der Waals surface area contributed by atoms with Gasteiger partial charge in [0.05, 0.1) is 5.69 Å². The van der Waals surface area contributed by atoms with Crippen molar-refractivity contribution in [2.45, 2.75) is 45.1 Å². The number of nitrogens with zero attached hydrogens (tertiary/aromatic N) is 3. The fourth-order valence-corrected chi connectivity index (χ4v) is 3.54. The van der Waals surface area contributed by atoms with Crippen molar-refractivity contribution < 1.29 is 0 Å².